The van der Waals surface area contributed by atoms with Crippen LogP contribution >= 0.6 is 11.6 Å². The first-order chi connectivity index (χ1) is 20.0. The number of methoxy groups -OCH3 is 2. The number of ether oxygens (including phenoxy) is 2. The first-order valence-electron chi connectivity index (χ1n) is 13.5. The molecule has 0 unspecified atom stereocenters. The number of hydrogen-bond donors (Lipinski definition) is 1. The van der Waals surface area contributed by atoms with Crippen molar-refractivity contribution in [3.8, 4) is 11.5 Å². The number of nitrogens with one attached hydrogen (secondary N) is 1. The Morgan fingerprint density at radius 1 is 0.952 bits per heavy atom. The fraction of sp³-hybridized carbons (Fsp3) is 0.355. The molecule has 0 bridgehead atoms. The van der Waals surface area contributed by atoms with E-state index in [-0.39, 0.29) is 35.6 Å². The molecule has 0 radical (unpaired) electrons. The van der Waals surface area contributed by atoms with Gasteiger partial charge in [0.2, 0.25) is 21.8 Å². The Kier molecular flexibility index (Phi) is 11.6. The molecule has 0 saturated heterocycles. The van der Waals surface area contributed by atoms with E-state index < -0.39 is 28.5 Å². The summed E-state index contributed by atoms with van der Waals surface area (Å²) in [7, 11) is -0.932. The molecule has 0 fully saturated rings. The van der Waals surface area contributed by atoms with Gasteiger partial charge in [0, 0.05) is 19.0 Å². The molecule has 0 aliphatic rings. The van der Waals surface area contributed by atoms with Gasteiger partial charge in [-0.25, -0.2) is 8.42 Å². The highest BCUT2D eigenvalue weighted by atomic mass is 35.5. The quantitative estimate of drug-likeness (QED) is 0.282. The predicted octanol–water partition coefficient (Wildman–Crippen LogP) is 4.68. The molecule has 0 spiro atoms. The highest BCUT2D eigenvalue weighted by molar-refractivity contribution is 7.92. The minimum atomic E-state index is -3.93. The average molecular weight is 616 g/mol. The van der Waals surface area contributed by atoms with Gasteiger partial charge >= 0.3 is 0 Å². The summed E-state index contributed by atoms with van der Waals surface area (Å²) < 4.78 is 37.5. The van der Waals surface area contributed by atoms with Crippen molar-refractivity contribution in [2.45, 2.75) is 45.3 Å². The lowest BCUT2D eigenvalue weighted by Crippen LogP contribution is -2.54. The second-order valence-corrected chi connectivity index (χ2v) is 12.3. The van der Waals surface area contributed by atoms with E-state index in [1.54, 1.807) is 25.3 Å². The van der Waals surface area contributed by atoms with Crippen LogP contribution in [-0.2, 0) is 32.6 Å². The van der Waals surface area contributed by atoms with E-state index in [9.17, 15) is 18.0 Å². The van der Waals surface area contributed by atoms with Crippen LogP contribution in [-0.4, -0.2) is 64.2 Å². The van der Waals surface area contributed by atoms with Gasteiger partial charge < -0.3 is 19.7 Å². The maximum atomic E-state index is 14.2. The number of halogens is 1. The third-order valence-corrected chi connectivity index (χ3v) is 8.30. The molecule has 2 amide bonds. The van der Waals surface area contributed by atoms with E-state index in [4.69, 9.17) is 21.1 Å². The zero-order chi connectivity index (χ0) is 30.9. The van der Waals surface area contributed by atoms with Crippen molar-refractivity contribution in [2.24, 2.45) is 0 Å². The number of carbonyl (C=O) groups is 2. The number of hydrogen-bond acceptors (Lipinski definition) is 6. The summed E-state index contributed by atoms with van der Waals surface area (Å²) in [4.78, 5) is 29.4. The van der Waals surface area contributed by atoms with Crippen LogP contribution in [0.3, 0.4) is 0 Å². The normalized spacial score (nSPS) is 12.6. The van der Waals surface area contributed by atoms with Crippen LogP contribution < -0.4 is 19.1 Å². The van der Waals surface area contributed by atoms with Crippen molar-refractivity contribution in [3.63, 3.8) is 0 Å². The standard InChI is InChI=1S/C31H38ClN3O6S/c1-6-22(2)33-31(37)28(18-23-11-8-7-9-12-23)34(20-24-13-10-14-26(17-24)40-3)30(36)21-35(42(5,38)39)25-15-16-29(41-4)27(32)19-25/h7-17,19,22,28H,6,18,20-21H2,1-5H3,(H,33,37)/t22-,28+/m0/s1. The summed E-state index contributed by atoms with van der Waals surface area (Å²) in [6.45, 7) is 3.35. The summed E-state index contributed by atoms with van der Waals surface area (Å²) in [6.07, 6.45) is 1.95. The smallest absolute Gasteiger partial charge is 0.244 e. The maximum Gasteiger partial charge on any atom is 0.244 e. The van der Waals surface area contributed by atoms with Gasteiger partial charge in [-0.3, -0.25) is 13.9 Å². The topological polar surface area (TPSA) is 105 Å². The lowest BCUT2D eigenvalue weighted by Gasteiger charge is -2.34. The molecule has 9 nitrogen and oxygen atoms in total. The molecule has 0 heterocycles. The summed E-state index contributed by atoms with van der Waals surface area (Å²) in [5.74, 6) is 0.0666. The van der Waals surface area contributed by atoms with E-state index in [2.05, 4.69) is 5.32 Å². The van der Waals surface area contributed by atoms with Crippen molar-refractivity contribution in [1.82, 2.24) is 10.2 Å². The highest BCUT2D eigenvalue weighted by Crippen LogP contribution is 2.30. The molecule has 3 rings (SSSR count). The van der Waals surface area contributed by atoms with E-state index in [1.165, 1.54) is 30.2 Å². The third-order valence-electron chi connectivity index (χ3n) is 6.86. The van der Waals surface area contributed by atoms with Gasteiger partial charge in [0.25, 0.3) is 0 Å². The molecule has 0 saturated carbocycles. The molecular weight excluding hydrogens is 578 g/mol. The lowest BCUT2D eigenvalue weighted by molar-refractivity contribution is -0.140. The Morgan fingerprint density at radius 2 is 1.64 bits per heavy atom. The molecule has 42 heavy (non-hydrogen) atoms. The largest absolute Gasteiger partial charge is 0.497 e. The molecule has 0 aromatic heterocycles. The fourth-order valence-electron chi connectivity index (χ4n) is 4.39. The third kappa shape index (κ3) is 8.87. The first-order valence-corrected chi connectivity index (χ1v) is 15.8. The van der Waals surface area contributed by atoms with Crippen LogP contribution in [0.4, 0.5) is 5.69 Å². The van der Waals surface area contributed by atoms with Crippen LogP contribution in [0.2, 0.25) is 5.02 Å². The number of sulfonamides is 1. The molecule has 226 valence electrons. The summed E-state index contributed by atoms with van der Waals surface area (Å²) in [5.41, 5.74) is 1.77. The van der Waals surface area contributed by atoms with Gasteiger partial charge in [-0.1, -0.05) is 61.0 Å². The lowest BCUT2D eigenvalue weighted by atomic mass is 10.0. The summed E-state index contributed by atoms with van der Waals surface area (Å²) in [5, 5.41) is 3.20. The van der Waals surface area contributed by atoms with Crippen LogP contribution in [0.25, 0.3) is 0 Å². The number of rotatable bonds is 14. The van der Waals surface area contributed by atoms with Crippen molar-refractivity contribution in [2.75, 3.05) is 31.3 Å². The minimum Gasteiger partial charge on any atom is -0.497 e. The van der Waals surface area contributed by atoms with E-state index >= 15 is 0 Å². The first kappa shape index (κ1) is 32.8. The molecule has 3 aromatic carbocycles. The molecule has 1 N–H and O–H groups in total. The van der Waals surface area contributed by atoms with Crippen LogP contribution in [0.15, 0.2) is 72.8 Å². The number of amides is 2. The zero-order valence-electron chi connectivity index (χ0n) is 24.5. The van der Waals surface area contributed by atoms with E-state index in [1.807, 2.05) is 50.2 Å². The van der Waals surface area contributed by atoms with Gasteiger partial charge in [-0.2, -0.15) is 0 Å². The second-order valence-electron chi connectivity index (χ2n) is 9.99. The Bertz CT molecular complexity index is 1470. The molecule has 3 aromatic rings. The monoisotopic (exact) mass is 615 g/mol. The Morgan fingerprint density at radius 3 is 2.24 bits per heavy atom. The number of benzene rings is 3. The fourth-order valence-corrected chi connectivity index (χ4v) is 5.48. The van der Waals surface area contributed by atoms with E-state index in [0.717, 1.165) is 21.7 Å². The number of anilines is 1. The van der Waals surface area contributed by atoms with Crippen LogP contribution in [0, 0.1) is 0 Å². The van der Waals surface area contributed by atoms with Crippen molar-refractivity contribution in [1.29, 1.82) is 0 Å². The van der Waals surface area contributed by atoms with Crippen LogP contribution in [0.1, 0.15) is 31.4 Å². The second kappa shape index (κ2) is 14.9. The van der Waals surface area contributed by atoms with Crippen molar-refractivity contribution < 1.29 is 27.5 Å². The Balaban J connectivity index is 2.08. The Labute approximate surface area is 253 Å². The maximum absolute atomic E-state index is 14.2. The van der Waals surface area contributed by atoms with Gasteiger partial charge in [-0.15, -0.1) is 0 Å². The number of carbonyl (C=O) groups excluding carboxylic acids is 2. The van der Waals surface area contributed by atoms with E-state index in [0.29, 0.717) is 17.9 Å². The highest BCUT2D eigenvalue weighted by Gasteiger charge is 2.33. The molecule has 11 heteroatoms. The van der Waals surface area contributed by atoms with Crippen molar-refractivity contribution in [3.05, 3.63) is 88.9 Å². The van der Waals surface area contributed by atoms with Crippen molar-refractivity contribution >= 4 is 39.1 Å². The molecule has 0 aliphatic carbocycles. The van der Waals surface area contributed by atoms with Gasteiger partial charge in [-0.05, 0) is 54.8 Å². The summed E-state index contributed by atoms with van der Waals surface area (Å²) >= 11 is 6.30. The van der Waals surface area contributed by atoms with Gasteiger partial charge in [0.05, 0.1) is 31.2 Å². The van der Waals surface area contributed by atoms with Gasteiger partial charge in [0.15, 0.2) is 0 Å². The van der Waals surface area contributed by atoms with Gasteiger partial charge in [0.1, 0.15) is 24.1 Å². The van der Waals surface area contributed by atoms with Crippen LogP contribution in [0.5, 0.6) is 11.5 Å². The predicted molar refractivity (Wildman–Crippen MR) is 166 cm³/mol. The minimum absolute atomic E-state index is 0.0441. The SMILES string of the molecule is CC[C@H](C)NC(=O)[C@@H](Cc1ccccc1)N(Cc1cccc(OC)c1)C(=O)CN(c1ccc(OC)c(Cl)c1)S(C)(=O)=O. The molecule has 0 aliphatic heterocycles. The average Bonchev–Trinajstić information content (AvgIpc) is 2.97. The summed E-state index contributed by atoms with van der Waals surface area (Å²) in [6, 6.07) is 20.0. The number of nitrogens with zero attached hydrogens (tertiary/aromatic N) is 2. The molecular formula is C31H38ClN3O6S. The Hall–Kier alpha value is -3.76. The zero-order valence-corrected chi connectivity index (χ0v) is 26.1. The molecule has 2 atom stereocenters.